The van der Waals surface area contributed by atoms with Gasteiger partial charge in [-0.25, -0.2) is 4.98 Å². The van der Waals surface area contributed by atoms with Gasteiger partial charge in [-0.15, -0.1) is 0 Å². The first kappa shape index (κ1) is 22.8. The van der Waals surface area contributed by atoms with Gasteiger partial charge in [0.15, 0.2) is 0 Å². The fourth-order valence-corrected chi connectivity index (χ4v) is 0.932. The maximum absolute atomic E-state index is 5.63. The number of nitrogens with two attached hydrogens (primary N) is 1. The molecule has 0 amide bonds. The van der Waals surface area contributed by atoms with Gasteiger partial charge in [-0.2, -0.15) is 0 Å². The third-order valence-electron chi connectivity index (χ3n) is 1.59. The number of nitrogen functional groups attached to an aromatic ring is 1. The molecular formula is C16H32N2O. The molecule has 3 nitrogen and oxygen atoms in total. The van der Waals surface area contributed by atoms with Crippen LogP contribution in [0.5, 0.6) is 0 Å². The molecular weight excluding hydrogens is 236 g/mol. The number of pyridine rings is 1. The number of nitrogens with zero attached hydrogens (tertiary/aromatic N) is 1. The fraction of sp³-hybridized carbons (Fsp3) is 0.562. The average Bonchev–Trinajstić information content (AvgIpc) is 2.51. The van der Waals surface area contributed by atoms with Crippen LogP contribution in [0.25, 0.3) is 6.08 Å². The summed E-state index contributed by atoms with van der Waals surface area (Å²) in [5.74, 6) is 0.551. The summed E-state index contributed by atoms with van der Waals surface area (Å²) in [5, 5.41) is 0. The van der Waals surface area contributed by atoms with Crippen LogP contribution in [0.15, 0.2) is 24.4 Å². The summed E-state index contributed by atoms with van der Waals surface area (Å²) in [6, 6.07) is 3.78. The van der Waals surface area contributed by atoms with Crippen molar-refractivity contribution in [3.05, 3.63) is 30.0 Å². The van der Waals surface area contributed by atoms with Crippen molar-refractivity contribution in [1.82, 2.24) is 4.98 Å². The number of hydrogen-bond donors (Lipinski definition) is 1. The maximum Gasteiger partial charge on any atom is 0.130 e. The van der Waals surface area contributed by atoms with Crippen molar-refractivity contribution >= 4 is 11.9 Å². The van der Waals surface area contributed by atoms with Crippen LogP contribution in [-0.2, 0) is 4.74 Å². The predicted octanol–water partition coefficient (Wildman–Crippen LogP) is 4.79. The molecule has 0 bridgehead atoms. The van der Waals surface area contributed by atoms with Crippen LogP contribution >= 0.6 is 0 Å². The molecule has 0 aromatic carbocycles. The van der Waals surface area contributed by atoms with E-state index in [-0.39, 0.29) is 0 Å². The number of anilines is 1. The summed E-state index contributed by atoms with van der Waals surface area (Å²) < 4.78 is 5.15. The lowest BCUT2D eigenvalue weighted by atomic mass is 10.2. The van der Waals surface area contributed by atoms with Crippen molar-refractivity contribution < 1.29 is 4.74 Å². The van der Waals surface area contributed by atoms with Crippen LogP contribution in [0, 0.1) is 0 Å². The second-order valence-electron chi connectivity index (χ2n) is 2.54. The van der Waals surface area contributed by atoms with Crippen LogP contribution in [0.4, 0.5) is 5.82 Å². The Bertz CT molecular complexity index is 286. The van der Waals surface area contributed by atoms with E-state index >= 15 is 0 Å². The number of hydrogen-bond acceptors (Lipinski definition) is 3. The molecule has 0 atom stereocenters. The van der Waals surface area contributed by atoms with Gasteiger partial charge in [0, 0.05) is 18.4 Å². The van der Waals surface area contributed by atoms with E-state index < -0.39 is 0 Å². The first-order valence-electron chi connectivity index (χ1n) is 7.29. The molecule has 1 aromatic heterocycles. The summed E-state index contributed by atoms with van der Waals surface area (Å²) in [6.07, 6.45) is 5.52. The van der Waals surface area contributed by atoms with Crippen LogP contribution in [0.2, 0.25) is 0 Å². The Labute approximate surface area is 119 Å². The van der Waals surface area contributed by atoms with Crippen molar-refractivity contribution in [3.63, 3.8) is 0 Å². The van der Waals surface area contributed by atoms with Crippen LogP contribution in [-0.4, -0.2) is 18.2 Å². The quantitative estimate of drug-likeness (QED) is 0.798. The third kappa shape index (κ3) is 14.6. The molecule has 0 saturated heterocycles. The first-order valence-corrected chi connectivity index (χ1v) is 7.29. The van der Waals surface area contributed by atoms with Gasteiger partial charge in [0.25, 0.3) is 0 Å². The van der Waals surface area contributed by atoms with E-state index in [1.54, 1.807) is 6.20 Å². The third-order valence-corrected chi connectivity index (χ3v) is 1.59. The normalized spacial score (nSPS) is 8.37. The Morgan fingerprint density at radius 1 is 1.16 bits per heavy atom. The molecule has 1 heterocycles. The number of ether oxygens (including phenoxy) is 1. The molecule has 0 aliphatic rings. The van der Waals surface area contributed by atoms with E-state index in [0.29, 0.717) is 12.4 Å². The van der Waals surface area contributed by atoms with Crippen LogP contribution < -0.4 is 5.73 Å². The molecule has 0 spiro atoms. The highest BCUT2D eigenvalue weighted by atomic mass is 16.5. The van der Waals surface area contributed by atoms with Gasteiger partial charge >= 0.3 is 0 Å². The fourth-order valence-electron chi connectivity index (χ4n) is 0.932. The largest absolute Gasteiger partial charge is 0.383 e. The van der Waals surface area contributed by atoms with E-state index in [1.807, 2.05) is 72.8 Å². The van der Waals surface area contributed by atoms with E-state index in [4.69, 9.17) is 10.5 Å². The van der Waals surface area contributed by atoms with E-state index in [0.717, 1.165) is 12.2 Å². The summed E-state index contributed by atoms with van der Waals surface area (Å²) in [4.78, 5) is 3.96. The van der Waals surface area contributed by atoms with Gasteiger partial charge in [-0.3, -0.25) is 0 Å². The van der Waals surface area contributed by atoms with Crippen molar-refractivity contribution in [2.24, 2.45) is 0 Å². The smallest absolute Gasteiger partial charge is 0.130 e. The zero-order valence-electron chi connectivity index (χ0n) is 13.7. The Hall–Kier alpha value is -1.35. The zero-order chi connectivity index (χ0) is 15.5. The molecule has 0 aliphatic carbocycles. The molecule has 112 valence electrons. The Kier molecular flexibility index (Phi) is 26.3. The number of aromatic nitrogens is 1. The molecule has 19 heavy (non-hydrogen) atoms. The Balaban J connectivity index is -0.000000375. The van der Waals surface area contributed by atoms with E-state index in [2.05, 4.69) is 4.98 Å². The standard InChI is InChI=1S/C10H14N2O.3C2H6/c1-2-13-8-4-6-9-5-3-7-12-10(9)11;3*1-2/h3-7H,2,8H2,1H3,(H2,11,12);3*1-2H3/b6-4+;;;. The summed E-state index contributed by atoms with van der Waals surface area (Å²) in [7, 11) is 0. The van der Waals surface area contributed by atoms with Crippen molar-refractivity contribution in [3.8, 4) is 0 Å². The Morgan fingerprint density at radius 3 is 2.21 bits per heavy atom. The average molecular weight is 268 g/mol. The molecule has 1 aromatic rings. The van der Waals surface area contributed by atoms with Crippen LogP contribution in [0.3, 0.4) is 0 Å². The molecule has 0 unspecified atom stereocenters. The highest BCUT2D eigenvalue weighted by molar-refractivity contribution is 5.60. The molecule has 0 radical (unpaired) electrons. The highest BCUT2D eigenvalue weighted by Gasteiger charge is 1.91. The lowest BCUT2D eigenvalue weighted by molar-refractivity contribution is 0.178. The first-order chi connectivity index (χ1) is 9.34. The molecule has 3 heteroatoms. The van der Waals surface area contributed by atoms with Crippen molar-refractivity contribution in [2.75, 3.05) is 18.9 Å². The topological polar surface area (TPSA) is 48.1 Å². The van der Waals surface area contributed by atoms with Gasteiger partial charge in [-0.05, 0) is 19.1 Å². The second kappa shape index (κ2) is 21.9. The molecule has 2 N–H and O–H groups in total. The van der Waals surface area contributed by atoms with Crippen LogP contribution in [0.1, 0.15) is 54.0 Å². The lowest BCUT2D eigenvalue weighted by Crippen LogP contribution is -1.93. The molecule has 1 rings (SSSR count). The minimum absolute atomic E-state index is 0.551. The zero-order valence-corrected chi connectivity index (χ0v) is 13.7. The van der Waals surface area contributed by atoms with Crippen molar-refractivity contribution in [1.29, 1.82) is 0 Å². The second-order valence-corrected chi connectivity index (χ2v) is 2.54. The molecule has 0 aliphatic heterocycles. The SMILES string of the molecule is CC.CC.CC.CCOC/C=C/c1cccnc1N. The van der Waals surface area contributed by atoms with Gasteiger partial charge < -0.3 is 10.5 Å². The summed E-state index contributed by atoms with van der Waals surface area (Å²) in [5.41, 5.74) is 6.56. The number of rotatable bonds is 4. The van der Waals surface area contributed by atoms with Gasteiger partial charge in [0.05, 0.1) is 6.61 Å². The highest BCUT2D eigenvalue weighted by Crippen LogP contribution is 2.08. The predicted molar refractivity (Wildman–Crippen MR) is 88.2 cm³/mol. The van der Waals surface area contributed by atoms with E-state index in [9.17, 15) is 0 Å². The minimum Gasteiger partial charge on any atom is -0.383 e. The Morgan fingerprint density at radius 2 is 1.74 bits per heavy atom. The monoisotopic (exact) mass is 268 g/mol. The minimum atomic E-state index is 0.551. The molecule has 0 saturated carbocycles. The van der Waals surface area contributed by atoms with Crippen molar-refractivity contribution in [2.45, 2.75) is 48.5 Å². The summed E-state index contributed by atoms with van der Waals surface area (Å²) >= 11 is 0. The molecule has 0 fully saturated rings. The lowest BCUT2D eigenvalue weighted by Gasteiger charge is -1.97. The maximum atomic E-state index is 5.63. The van der Waals surface area contributed by atoms with Gasteiger partial charge in [0.1, 0.15) is 5.82 Å². The van der Waals surface area contributed by atoms with Gasteiger partial charge in [0.2, 0.25) is 0 Å². The summed E-state index contributed by atoms with van der Waals surface area (Å²) in [6.45, 7) is 15.3. The van der Waals surface area contributed by atoms with Gasteiger partial charge in [-0.1, -0.05) is 53.7 Å². The van der Waals surface area contributed by atoms with E-state index in [1.165, 1.54) is 0 Å².